The molecule has 0 N–H and O–H groups in total. The second kappa shape index (κ2) is 6.62. The lowest BCUT2D eigenvalue weighted by molar-refractivity contribution is -0.174. The van der Waals surface area contributed by atoms with E-state index in [1.165, 1.54) is 7.11 Å². The van der Waals surface area contributed by atoms with Crippen molar-refractivity contribution in [3.63, 3.8) is 0 Å². The van der Waals surface area contributed by atoms with Crippen molar-refractivity contribution in [2.75, 3.05) is 20.8 Å². The smallest absolute Gasteiger partial charge is 0.271 e. The summed E-state index contributed by atoms with van der Waals surface area (Å²) < 4.78 is 5.24. The van der Waals surface area contributed by atoms with Gasteiger partial charge in [0.15, 0.2) is 0 Å². The predicted octanol–water partition coefficient (Wildman–Crippen LogP) is 0.987. The highest BCUT2D eigenvalue weighted by Gasteiger charge is 2.10. The van der Waals surface area contributed by atoms with Gasteiger partial charge in [-0.05, 0) is 6.42 Å². The molecular formula is C9H17NO3. The zero-order valence-electron chi connectivity index (χ0n) is 8.45. The topological polar surface area (TPSA) is 38.8 Å². The fourth-order valence-electron chi connectivity index (χ4n) is 0.724. The minimum Gasteiger partial charge on any atom is -0.364 e. The number of rotatable bonds is 6. The first-order chi connectivity index (χ1) is 6.15. The van der Waals surface area contributed by atoms with E-state index in [2.05, 4.69) is 11.4 Å². The molecule has 0 aromatic carbocycles. The molecule has 0 aliphatic carbocycles. The van der Waals surface area contributed by atoms with Crippen molar-refractivity contribution in [2.24, 2.45) is 0 Å². The quantitative estimate of drug-likeness (QED) is 0.459. The van der Waals surface area contributed by atoms with Crippen LogP contribution in [0.4, 0.5) is 0 Å². The van der Waals surface area contributed by atoms with Crippen LogP contribution < -0.4 is 0 Å². The molecule has 0 rings (SSSR count). The van der Waals surface area contributed by atoms with Crippen molar-refractivity contribution >= 4 is 5.91 Å². The van der Waals surface area contributed by atoms with Gasteiger partial charge in [0.1, 0.15) is 6.61 Å². The van der Waals surface area contributed by atoms with Gasteiger partial charge in [0.2, 0.25) is 0 Å². The van der Waals surface area contributed by atoms with Crippen LogP contribution in [0.2, 0.25) is 0 Å². The van der Waals surface area contributed by atoms with Gasteiger partial charge in [-0.2, -0.15) is 0 Å². The maximum absolute atomic E-state index is 11.2. The Balaban J connectivity index is 3.74. The molecule has 0 aliphatic rings. The summed E-state index contributed by atoms with van der Waals surface area (Å²) in [6.07, 6.45) is 2.43. The van der Waals surface area contributed by atoms with Crippen molar-refractivity contribution in [1.82, 2.24) is 5.06 Å². The summed E-state index contributed by atoms with van der Waals surface area (Å²) >= 11 is 0. The second-order valence-corrected chi connectivity index (χ2v) is 2.57. The lowest BCUT2D eigenvalue weighted by Gasteiger charge is -2.16. The maximum atomic E-state index is 11.2. The molecule has 4 nitrogen and oxygen atoms in total. The number of ether oxygens (including phenoxy) is 1. The number of hydrogen-bond acceptors (Lipinski definition) is 3. The Bertz CT molecular complexity index is 170. The third-order valence-electron chi connectivity index (χ3n) is 1.71. The van der Waals surface area contributed by atoms with Gasteiger partial charge in [0.25, 0.3) is 5.91 Å². The molecule has 1 atom stereocenters. The molecular weight excluding hydrogens is 170 g/mol. The van der Waals surface area contributed by atoms with Crippen LogP contribution in [0.1, 0.15) is 13.3 Å². The van der Waals surface area contributed by atoms with E-state index >= 15 is 0 Å². The molecule has 0 fully saturated rings. The summed E-state index contributed by atoms with van der Waals surface area (Å²) in [5, 5.41) is 1.13. The van der Waals surface area contributed by atoms with Gasteiger partial charge in [0.05, 0.1) is 13.2 Å². The number of carbonyl (C=O) groups is 1. The fraction of sp³-hybridized carbons (Fsp3) is 0.667. The monoisotopic (exact) mass is 187 g/mol. The Morgan fingerprint density at radius 1 is 1.69 bits per heavy atom. The van der Waals surface area contributed by atoms with Gasteiger partial charge in [-0.25, -0.2) is 5.06 Å². The largest absolute Gasteiger partial charge is 0.364 e. The number of hydroxylamine groups is 2. The van der Waals surface area contributed by atoms with Crippen LogP contribution >= 0.6 is 0 Å². The summed E-state index contributed by atoms with van der Waals surface area (Å²) in [6, 6.07) is 0. The molecule has 0 aliphatic heterocycles. The zero-order valence-corrected chi connectivity index (χ0v) is 8.45. The van der Waals surface area contributed by atoms with E-state index in [0.717, 1.165) is 11.5 Å². The Morgan fingerprint density at radius 3 is 2.69 bits per heavy atom. The third-order valence-corrected chi connectivity index (χ3v) is 1.71. The molecule has 76 valence electrons. The summed E-state index contributed by atoms with van der Waals surface area (Å²) in [6.45, 7) is 5.59. The van der Waals surface area contributed by atoms with Crippen molar-refractivity contribution < 1.29 is 14.4 Å². The van der Waals surface area contributed by atoms with Crippen LogP contribution in [-0.4, -0.2) is 37.8 Å². The minimum atomic E-state index is -0.206. The van der Waals surface area contributed by atoms with E-state index in [0.29, 0.717) is 0 Å². The normalized spacial score (nSPS) is 12.2. The third kappa shape index (κ3) is 4.65. The van der Waals surface area contributed by atoms with E-state index in [9.17, 15) is 4.79 Å². The standard InChI is InChI=1S/C9H17NO3/c1-5-8(6-2)13-7-9(11)10(3)12-4/h5,8H,1,6-7H2,2-4H3/t8-/m0/s1. The summed E-state index contributed by atoms with van der Waals surface area (Å²) in [7, 11) is 2.98. The lowest BCUT2D eigenvalue weighted by atomic mass is 10.3. The van der Waals surface area contributed by atoms with E-state index in [-0.39, 0.29) is 18.6 Å². The molecule has 0 saturated carbocycles. The van der Waals surface area contributed by atoms with E-state index in [4.69, 9.17) is 4.74 Å². The molecule has 0 bridgehead atoms. The number of hydrogen-bond donors (Lipinski definition) is 0. The van der Waals surface area contributed by atoms with Gasteiger partial charge in [-0.15, -0.1) is 6.58 Å². The zero-order chi connectivity index (χ0) is 10.3. The Hall–Kier alpha value is -0.870. The van der Waals surface area contributed by atoms with Gasteiger partial charge >= 0.3 is 0 Å². The fourth-order valence-corrected chi connectivity index (χ4v) is 0.724. The summed E-state index contributed by atoms with van der Waals surface area (Å²) in [5.74, 6) is -0.206. The highest BCUT2D eigenvalue weighted by molar-refractivity contribution is 5.76. The Morgan fingerprint density at radius 2 is 2.31 bits per heavy atom. The van der Waals surface area contributed by atoms with Gasteiger partial charge < -0.3 is 4.74 Å². The van der Waals surface area contributed by atoms with Crippen molar-refractivity contribution in [1.29, 1.82) is 0 Å². The van der Waals surface area contributed by atoms with Crippen LogP contribution in [0, 0.1) is 0 Å². The van der Waals surface area contributed by atoms with Crippen molar-refractivity contribution in [2.45, 2.75) is 19.4 Å². The minimum absolute atomic E-state index is 0.0227. The first-order valence-electron chi connectivity index (χ1n) is 4.20. The molecule has 4 heteroatoms. The van der Waals surface area contributed by atoms with E-state index in [1.54, 1.807) is 13.1 Å². The van der Waals surface area contributed by atoms with Crippen LogP contribution in [0.5, 0.6) is 0 Å². The molecule has 0 radical (unpaired) electrons. The molecule has 13 heavy (non-hydrogen) atoms. The molecule has 0 heterocycles. The molecule has 0 unspecified atom stereocenters. The highest BCUT2D eigenvalue weighted by atomic mass is 16.7. The van der Waals surface area contributed by atoms with Crippen molar-refractivity contribution in [3.05, 3.63) is 12.7 Å². The van der Waals surface area contributed by atoms with Gasteiger partial charge in [-0.3, -0.25) is 9.63 Å². The first-order valence-corrected chi connectivity index (χ1v) is 4.20. The van der Waals surface area contributed by atoms with Crippen LogP contribution in [0.3, 0.4) is 0 Å². The molecule has 0 aromatic rings. The van der Waals surface area contributed by atoms with Gasteiger partial charge in [0, 0.05) is 7.05 Å². The average Bonchev–Trinajstić information content (AvgIpc) is 2.17. The average molecular weight is 187 g/mol. The molecule has 1 amide bonds. The van der Waals surface area contributed by atoms with Crippen LogP contribution in [-0.2, 0) is 14.4 Å². The van der Waals surface area contributed by atoms with Crippen LogP contribution in [0.25, 0.3) is 0 Å². The number of nitrogens with zero attached hydrogens (tertiary/aromatic N) is 1. The molecule has 0 saturated heterocycles. The number of likely N-dealkylation sites (N-methyl/N-ethyl adjacent to an activating group) is 1. The Kier molecular flexibility index (Phi) is 6.18. The molecule has 0 aromatic heterocycles. The van der Waals surface area contributed by atoms with Crippen LogP contribution in [0.15, 0.2) is 12.7 Å². The SMILES string of the molecule is C=C[C@@H](CC)OCC(=O)N(C)OC. The van der Waals surface area contributed by atoms with Crippen molar-refractivity contribution in [3.8, 4) is 0 Å². The van der Waals surface area contributed by atoms with E-state index < -0.39 is 0 Å². The van der Waals surface area contributed by atoms with Gasteiger partial charge in [-0.1, -0.05) is 13.0 Å². The first kappa shape index (κ1) is 12.1. The predicted molar refractivity (Wildman–Crippen MR) is 50.0 cm³/mol. The summed E-state index contributed by atoms with van der Waals surface area (Å²) in [4.78, 5) is 15.8. The summed E-state index contributed by atoms with van der Waals surface area (Å²) in [5.41, 5.74) is 0. The second-order valence-electron chi connectivity index (χ2n) is 2.57. The number of carbonyl (C=O) groups excluding carboxylic acids is 1. The molecule has 0 spiro atoms. The highest BCUT2D eigenvalue weighted by Crippen LogP contribution is 1.99. The lowest BCUT2D eigenvalue weighted by Crippen LogP contribution is -2.30. The number of amides is 1. The Labute approximate surface area is 79.1 Å². The maximum Gasteiger partial charge on any atom is 0.271 e. The van der Waals surface area contributed by atoms with E-state index in [1.807, 2.05) is 6.92 Å².